The summed E-state index contributed by atoms with van der Waals surface area (Å²) in [5.74, 6) is 3.11. The highest BCUT2D eigenvalue weighted by molar-refractivity contribution is 5.87. The van der Waals surface area contributed by atoms with Gasteiger partial charge in [0, 0.05) is 47.3 Å². The maximum atomic E-state index is 5.13. The maximum Gasteiger partial charge on any atom is 0.138 e. The van der Waals surface area contributed by atoms with Gasteiger partial charge in [0.15, 0.2) is 0 Å². The van der Waals surface area contributed by atoms with Crippen molar-refractivity contribution in [2.45, 2.75) is 0 Å². The lowest BCUT2D eigenvalue weighted by molar-refractivity contribution is 1.12. The predicted octanol–water partition coefficient (Wildman–Crippen LogP) is 9.48. The van der Waals surface area contributed by atoms with E-state index in [0.717, 1.165) is 68.2 Å². The van der Waals surface area contributed by atoms with Gasteiger partial charge in [0.25, 0.3) is 0 Å². The lowest BCUT2D eigenvalue weighted by atomic mass is 10.0. The molecular formula is C40H28N8. The molecule has 5 aromatic heterocycles. The van der Waals surface area contributed by atoms with Crippen molar-refractivity contribution in [3.8, 4) is 22.5 Å². The van der Waals surface area contributed by atoms with Gasteiger partial charge in [0.1, 0.15) is 23.3 Å². The van der Waals surface area contributed by atoms with E-state index in [0.29, 0.717) is 0 Å². The quantitative estimate of drug-likeness (QED) is 0.166. The number of hydrogen-bond acceptors (Lipinski definition) is 8. The van der Waals surface area contributed by atoms with Crippen molar-refractivity contribution in [2.24, 2.45) is 0 Å². The Balaban J connectivity index is 1.20. The molecule has 0 N–H and O–H groups in total. The Hall–Kier alpha value is -6.80. The summed E-state index contributed by atoms with van der Waals surface area (Å²) < 4.78 is 0. The van der Waals surface area contributed by atoms with Gasteiger partial charge >= 0.3 is 0 Å². The van der Waals surface area contributed by atoms with Gasteiger partial charge in [-0.15, -0.1) is 0 Å². The molecule has 8 aromatic rings. The maximum absolute atomic E-state index is 5.13. The van der Waals surface area contributed by atoms with Crippen LogP contribution in [0.2, 0.25) is 0 Å². The Morgan fingerprint density at radius 2 is 0.625 bits per heavy atom. The largest absolute Gasteiger partial charge is 0.279 e. The topological polar surface area (TPSA) is 83.8 Å². The molecular weight excluding hydrogens is 592 g/mol. The Labute approximate surface area is 277 Å². The summed E-state index contributed by atoms with van der Waals surface area (Å²) in [6.07, 6.45) is 7.14. The monoisotopic (exact) mass is 620 g/mol. The van der Waals surface area contributed by atoms with Gasteiger partial charge in [-0.2, -0.15) is 0 Å². The molecule has 8 rings (SSSR count). The molecule has 0 atom stereocenters. The third-order valence-electron chi connectivity index (χ3n) is 7.88. The summed E-state index contributed by atoms with van der Waals surface area (Å²) in [5, 5.41) is 0. The Kier molecular flexibility index (Phi) is 7.70. The molecule has 8 heteroatoms. The van der Waals surface area contributed by atoms with Gasteiger partial charge in [-0.1, -0.05) is 60.7 Å². The van der Waals surface area contributed by atoms with Crippen LogP contribution >= 0.6 is 0 Å². The highest BCUT2D eigenvalue weighted by atomic mass is 15.2. The molecule has 3 aromatic carbocycles. The van der Waals surface area contributed by atoms with Gasteiger partial charge in [-0.25, -0.2) is 29.9 Å². The van der Waals surface area contributed by atoms with Crippen molar-refractivity contribution in [1.82, 2.24) is 29.9 Å². The second kappa shape index (κ2) is 12.9. The van der Waals surface area contributed by atoms with Crippen LogP contribution in [0.1, 0.15) is 0 Å². The highest BCUT2D eigenvalue weighted by Gasteiger charge is 2.19. The number of anilines is 6. The molecule has 0 radical (unpaired) electrons. The van der Waals surface area contributed by atoms with Crippen LogP contribution in [0.5, 0.6) is 0 Å². The fourth-order valence-electron chi connectivity index (χ4n) is 5.65. The number of para-hydroxylation sites is 2. The Bertz CT molecular complexity index is 2020. The third kappa shape index (κ3) is 5.70. The van der Waals surface area contributed by atoms with Crippen LogP contribution in [0.15, 0.2) is 170 Å². The number of aromatic nitrogens is 6. The van der Waals surface area contributed by atoms with Gasteiger partial charge < -0.3 is 0 Å². The summed E-state index contributed by atoms with van der Waals surface area (Å²) in [5.41, 5.74) is 7.00. The molecule has 0 spiro atoms. The zero-order chi connectivity index (χ0) is 32.1. The molecule has 0 aliphatic heterocycles. The summed E-state index contributed by atoms with van der Waals surface area (Å²) in [4.78, 5) is 32.8. The first-order valence-corrected chi connectivity index (χ1v) is 15.5. The lowest BCUT2D eigenvalue weighted by Crippen LogP contribution is -2.12. The lowest BCUT2D eigenvalue weighted by Gasteiger charge is -2.23. The molecule has 0 unspecified atom stereocenters. The van der Waals surface area contributed by atoms with Crippen molar-refractivity contribution >= 4 is 45.7 Å². The molecule has 0 fully saturated rings. The van der Waals surface area contributed by atoms with E-state index in [1.54, 1.807) is 24.8 Å². The Morgan fingerprint density at radius 3 is 0.917 bits per heavy atom. The third-order valence-corrected chi connectivity index (χ3v) is 7.88. The average Bonchev–Trinajstić information content (AvgIpc) is 3.17. The van der Waals surface area contributed by atoms with Gasteiger partial charge in [0.05, 0.1) is 22.4 Å². The number of pyridine rings is 4. The number of benzene rings is 3. The fraction of sp³-hybridized carbons (Fsp3) is 0. The fourth-order valence-corrected chi connectivity index (χ4v) is 5.65. The number of hydrogen-bond donors (Lipinski definition) is 0. The summed E-state index contributed by atoms with van der Waals surface area (Å²) in [6, 6.07) is 48.0. The van der Waals surface area contributed by atoms with E-state index < -0.39 is 0 Å². The molecule has 0 bridgehead atoms. The first kappa shape index (κ1) is 28.7. The molecule has 0 aliphatic rings. The standard InChI is InChI=1S/C40H28N8/c1-2-12-34-33(11-1)45-39(29-17-21-31(22-18-29)47(35-13-3-7-25-41-35)36-14-4-8-26-42-36)40(46-34)30-19-23-32(24-20-30)48(37-15-5-9-27-43-37)38-16-6-10-28-44-38/h1-28H. The zero-order valence-corrected chi connectivity index (χ0v) is 25.7. The number of rotatable bonds is 8. The number of fused-ring (bicyclic) bond motifs is 1. The Morgan fingerprint density at radius 1 is 0.312 bits per heavy atom. The summed E-state index contributed by atoms with van der Waals surface area (Å²) in [7, 11) is 0. The first-order chi connectivity index (χ1) is 23.8. The zero-order valence-electron chi connectivity index (χ0n) is 25.7. The average molecular weight is 621 g/mol. The molecule has 228 valence electrons. The van der Waals surface area contributed by atoms with Crippen molar-refractivity contribution in [2.75, 3.05) is 9.80 Å². The molecule has 48 heavy (non-hydrogen) atoms. The second-order valence-corrected chi connectivity index (χ2v) is 10.9. The second-order valence-electron chi connectivity index (χ2n) is 10.9. The van der Waals surface area contributed by atoms with Gasteiger partial charge in [0.2, 0.25) is 0 Å². The minimum absolute atomic E-state index is 0.778. The van der Waals surface area contributed by atoms with E-state index in [2.05, 4.69) is 68.5 Å². The van der Waals surface area contributed by atoms with E-state index in [9.17, 15) is 0 Å². The molecule has 0 amide bonds. The highest BCUT2D eigenvalue weighted by Crippen LogP contribution is 2.37. The summed E-state index contributed by atoms with van der Waals surface area (Å²) in [6.45, 7) is 0. The van der Waals surface area contributed by atoms with Crippen LogP contribution < -0.4 is 9.80 Å². The SMILES string of the molecule is c1ccc(N(c2ccc(-c3nc4ccccc4nc3-c3ccc(N(c4ccccn4)c4ccccn4)cc3)cc2)c2ccccn2)nc1. The van der Waals surface area contributed by atoms with Crippen LogP contribution in [0, 0.1) is 0 Å². The number of nitrogens with zero attached hydrogens (tertiary/aromatic N) is 8. The van der Waals surface area contributed by atoms with E-state index in [1.165, 1.54) is 0 Å². The molecule has 0 aliphatic carbocycles. The normalized spacial score (nSPS) is 10.9. The predicted molar refractivity (Wildman–Crippen MR) is 191 cm³/mol. The van der Waals surface area contributed by atoms with Crippen LogP contribution in [-0.2, 0) is 0 Å². The summed E-state index contributed by atoms with van der Waals surface area (Å²) >= 11 is 0. The molecule has 8 nitrogen and oxygen atoms in total. The van der Waals surface area contributed by atoms with Crippen molar-refractivity contribution in [1.29, 1.82) is 0 Å². The van der Waals surface area contributed by atoms with Crippen LogP contribution in [-0.4, -0.2) is 29.9 Å². The van der Waals surface area contributed by atoms with Crippen molar-refractivity contribution in [3.05, 3.63) is 170 Å². The molecule has 0 saturated heterocycles. The van der Waals surface area contributed by atoms with Gasteiger partial charge in [-0.05, 0) is 84.9 Å². The van der Waals surface area contributed by atoms with Crippen molar-refractivity contribution in [3.63, 3.8) is 0 Å². The minimum atomic E-state index is 0.778. The minimum Gasteiger partial charge on any atom is -0.279 e. The smallest absolute Gasteiger partial charge is 0.138 e. The van der Waals surface area contributed by atoms with E-state index in [-0.39, 0.29) is 0 Å². The van der Waals surface area contributed by atoms with E-state index in [4.69, 9.17) is 9.97 Å². The first-order valence-electron chi connectivity index (χ1n) is 15.5. The van der Waals surface area contributed by atoms with E-state index >= 15 is 0 Å². The van der Waals surface area contributed by atoms with Crippen LogP contribution in [0.3, 0.4) is 0 Å². The molecule has 5 heterocycles. The van der Waals surface area contributed by atoms with Crippen molar-refractivity contribution < 1.29 is 0 Å². The van der Waals surface area contributed by atoms with Crippen LogP contribution in [0.4, 0.5) is 34.6 Å². The van der Waals surface area contributed by atoms with E-state index in [1.807, 2.05) is 107 Å². The molecule has 0 saturated carbocycles. The van der Waals surface area contributed by atoms with Gasteiger partial charge in [-0.3, -0.25) is 9.80 Å². The van der Waals surface area contributed by atoms with Crippen LogP contribution in [0.25, 0.3) is 33.5 Å².